The number of hydrogen-bond donors (Lipinski definition) is 2. The lowest BCUT2D eigenvalue weighted by molar-refractivity contribution is -0.163. The number of rotatable bonds is 8. The van der Waals surface area contributed by atoms with Crippen LogP contribution in [0.1, 0.15) is 12.0 Å². The third-order valence-electron chi connectivity index (χ3n) is 3.01. The van der Waals surface area contributed by atoms with Crippen LogP contribution in [0, 0.1) is 0 Å². The van der Waals surface area contributed by atoms with E-state index >= 15 is 0 Å². The van der Waals surface area contributed by atoms with E-state index in [0.717, 1.165) is 13.0 Å². The van der Waals surface area contributed by atoms with Gasteiger partial charge in [-0.05, 0) is 24.4 Å². The van der Waals surface area contributed by atoms with E-state index in [1.807, 2.05) is 0 Å². The zero-order valence-corrected chi connectivity index (χ0v) is 12.9. The summed E-state index contributed by atoms with van der Waals surface area (Å²) in [5.74, 6) is -0.958. The van der Waals surface area contributed by atoms with Crippen molar-refractivity contribution in [2.75, 3.05) is 40.0 Å². The van der Waals surface area contributed by atoms with Gasteiger partial charge in [0.1, 0.15) is 4.21 Å². The van der Waals surface area contributed by atoms with Crippen LogP contribution in [0.5, 0.6) is 0 Å². The van der Waals surface area contributed by atoms with Crippen molar-refractivity contribution < 1.29 is 23.0 Å². The van der Waals surface area contributed by atoms with Gasteiger partial charge < -0.3 is 24.1 Å². The van der Waals surface area contributed by atoms with Crippen LogP contribution in [0.4, 0.5) is 0 Å². The molecule has 20 heavy (non-hydrogen) atoms. The van der Waals surface area contributed by atoms with Gasteiger partial charge in [0.25, 0.3) is 0 Å². The molecule has 0 amide bonds. The third-order valence-corrected chi connectivity index (χ3v) is 4.97. The van der Waals surface area contributed by atoms with Crippen LogP contribution in [0.3, 0.4) is 0 Å². The topological polar surface area (TPSA) is 77.0 Å². The molecular weight excluding hydrogens is 302 g/mol. The van der Waals surface area contributed by atoms with E-state index in [9.17, 15) is 8.76 Å². The second kappa shape index (κ2) is 7.60. The molecule has 0 spiro atoms. The van der Waals surface area contributed by atoms with E-state index in [4.69, 9.17) is 14.2 Å². The molecule has 8 heteroatoms. The van der Waals surface area contributed by atoms with Gasteiger partial charge in [-0.3, -0.25) is 0 Å². The van der Waals surface area contributed by atoms with Crippen molar-refractivity contribution in [3.63, 3.8) is 0 Å². The maximum atomic E-state index is 11.4. The van der Waals surface area contributed by atoms with E-state index in [0.29, 0.717) is 36.1 Å². The van der Waals surface area contributed by atoms with E-state index in [2.05, 4.69) is 5.32 Å². The predicted molar refractivity (Wildman–Crippen MR) is 76.3 cm³/mol. The van der Waals surface area contributed by atoms with Crippen LogP contribution in [0.2, 0.25) is 0 Å². The highest BCUT2D eigenvalue weighted by molar-refractivity contribution is 7.81. The average Bonchev–Trinajstić information content (AvgIpc) is 3.08. The summed E-state index contributed by atoms with van der Waals surface area (Å²) in [6.45, 7) is 2.86. The molecule has 2 N–H and O–H groups in total. The fraction of sp³-hybridized carbons (Fsp3) is 0.667. The molecule has 1 aliphatic heterocycles. The largest absolute Gasteiger partial charge is 0.385 e. The fourth-order valence-electron chi connectivity index (χ4n) is 2.12. The first-order valence-corrected chi connectivity index (χ1v) is 8.34. The Bertz CT molecular complexity index is 445. The van der Waals surface area contributed by atoms with Crippen LogP contribution < -0.4 is 5.32 Å². The molecule has 6 nitrogen and oxygen atoms in total. The van der Waals surface area contributed by atoms with Crippen molar-refractivity contribution in [1.29, 1.82) is 0 Å². The zero-order valence-electron chi connectivity index (χ0n) is 11.3. The minimum absolute atomic E-state index is 0.380. The Labute approximate surface area is 124 Å². The van der Waals surface area contributed by atoms with Crippen LogP contribution >= 0.6 is 11.3 Å². The summed E-state index contributed by atoms with van der Waals surface area (Å²) < 4.78 is 37.5. The van der Waals surface area contributed by atoms with Gasteiger partial charge >= 0.3 is 0 Å². The number of hydrogen-bond acceptors (Lipinski definition) is 6. The van der Waals surface area contributed by atoms with Crippen molar-refractivity contribution >= 4 is 22.4 Å². The van der Waals surface area contributed by atoms with Crippen LogP contribution in [-0.4, -0.2) is 48.8 Å². The Morgan fingerprint density at radius 3 is 2.95 bits per heavy atom. The Morgan fingerprint density at radius 2 is 2.30 bits per heavy atom. The molecule has 1 aliphatic rings. The lowest BCUT2D eigenvalue weighted by Crippen LogP contribution is -2.40. The second-order valence-corrected chi connectivity index (χ2v) is 6.42. The molecular formula is C12H19NO5S2. The Kier molecular flexibility index (Phi) is 6.09. The molecule has 1 atom stereocenters. The molecule has 0 radical (unpaired) electrons. The van der Waals surface area contributed by atoms with Gasteiger partial charge in [-0.2, -0.15) is 0 Å². The summed E-state index contributed by atoms with van der Waals surface area (Å²) in [6.07, 6.45) is 0.884. The maximum absolute atomic E-state index is 11.4. The molecule has 1 unspecified atom stereocenters. The first-order chi connectivity index (χ1) is 9.69. The number of methoxy groups -OCH3 is 1. The van der Waals surface area contributed by atoms with Gasteiger partial charge in [-0.15, -0.1) is 11.3 Å². The number of ether oxygens (including phenoxy) is 3. The monoisotopic (exact) mass is 321 g/mol. The number of thiophene rings is 1. The smallest absolute Gasteiger partial charge is 0.210 e. The summed E-state index contributed by atoms with van der Waals surface area (Å²) in [5, 5.41) is 5.03. The molecule has 1 aromatic rings. The molecule has 2 rings (SSSR count). The molecule has 0 aromatic carbocycles. The molecule has 0 bridgehead atoms. The van der Waals surface area contributed by atoms with E-state index in [1.54, 1.807) is 18.6 Å². The quantitative estimate of drug-likeness (QED) is 0.553. The van der Waals surface area contributed by atoms with Crippen molar-refractivity contribution in [1.82, 2.24) is 5.32 Å². The molecule has 1 fully saturated rings. The van der Waals surface area contributed by atoms with Gasteiger partial charge in [-0.25, -0.2) is 4.21 Å². The van der Waals surface area contributed by atoms with E-state index < -0.39 is 16.9 Å². The van der Waals surface area contributed by atoms with Crippen molar-refractivity contribution in [2.45, 2.75) is 16.4 Å². The van der Waals surface area contributed by atoms with Crippen LogP contribution in [0.25, 0.3) is 0 Å². The summed E-state index contributed by atoms with van der Waals surface area (Å²) in [6, 6.07) is 1.79. The first-order valence-electron chi connectivity index (χ1n) is 6.36. The highest BCUT2D eigenvalue weighted by Crippen LogP contribution is 2.37. The van der Waals surface area contributed by atoms with Gasteiger partial charge in [0.2, 0.25) is 5.79 Å². The molecule has 114 valence electrons. The van der Waals surface area contributed by atoms with Crippen LogP contribution in [-0.2, 0) is 31.1 Å². The Balaban J connectivity index is 2.05. The Morgan fingerprint density at radius 1 is 1.55 bits per heavy atom. The summed E-state index contributed by atoms with van der Waals surface area (Å²) >= 11 is -0.798. The first kappa shape index (κ1) is 16.0. The third kappa shape index (κ3) is 3.64. The predicted octanol–water partition coefficient (Wildman–Crippen LogP) is 1.15. The lowest BCUT2D eigenvalue weighted by atomic mass is 10.1. The lowest BCUT2D eigenvalue weighted by Gasteiger charge is -2.28. The highest BCUT2D eigenvalue weighted by Gasteiger charge is 2.41. The Hall–Kier alpha value is -0.350. The molecule has 1 aromatic heterocycles. The normalized spacial score (nSPS) is 19.3. The SMILES string of the molecule is COCCCNCC1(c2ccsc2S(=O)O)OCCO1. The molecule has 0 saturated carbocycles. The second-order valence-electron chi connectivity index (χ2n) is 4.34. The summed E-state index contributed by atoms with van der Waals surface area (Å²) in [5.41, 5.74) is 0.639. The fourth-order valence-corrected chi connectivity index (χ4v) is 3.70. The summed E-state index contributed by atoms with van der Waals surface area (Å²) in [4.78, 5) is 0. The number of nitrogens with one attached hydrogen (secondary N) is 1. The van der Waals surface area contributed by atoms with Gasteiger partial charge in [-0.1, -0.05) is 0 Å². The molecule has 2 heterocycles. The maximum Gasteiger partial charge on any atom is 0.210 e. The standard InChI is InChI=1S/C12H19NO5S2/c1-16-5-2-4-13-9-12(17-6-7-18-12)10-3-8-19-11(10)20(14)15/h3,8,13H,2,4-7,9H2,1H3,(H,14,15). The van der Waals surface area contributed by atoms with Crippen molar-refractivity contribution in [3.8, 4) is 0 Å². The van der Waals surface area contributed by atoms with Gasteiger partial charge in [0.05, 0.1) is 19.8 Å². The molecule has 0 aliphatic carbocycles. The van der Waals surface area contributed by atoms with Gasteiger partial charge in [0.15, 0.2) is 11.1 Å². The minimum Gasteiger partial charge on any atom is -0.385 e. The highest BCUT2D eigenvalue weighted by atomic mass is 32.2. The van der Waals surface area contributed by atoms with Crippen molar-refractivity contribution in [2.24, 2.45) is 0 Å². The minimum atomic E-state index is -2.03. The van der Waals surface area contributed by atoms with Crippen LogP contribution in [0.15, 0.2) is 15.7 Å². The van der Waals surface area contributed by atoms with Crippen molar-refractivity contribution in [3.05, 3.63) is 17.0 Å². The van der Waals surface area contributed by atoms with Gasteiger partial charge in [0, 0.05) is 19.3 Å². The zero-order chi connectivity index (χ0) is 14.4. The molecule has 1 saturated heterocycles. The summed E-state index contributed by atoms with van der Waals surface area (Å²) in [7, 11) is 1.67. The van der Waals surface area contributed by atoms with E-state index in [-0.39, 0.29) is 0 Å². The average molecular weight is 321 g/mol. The van der Waals surface area contributed by atoms with E-state index in [1.165, 1.54) is 11.3 Å².